The Morgan fingerprint density at radius 3 is 2.52 bits per heavy atom. The van der Waals surface area contributed by atoms with E-state index in [0.29, 0.717) is 6.42 Å². The molecular formula is C11H13BrN2O6S. The van der Waals surface area contributed by atoms with Crippen molar-refractivity contribution in [3.63, 3.8) is 0 Å². The zero-order chi connectivity index (χ0) is 16.2. The number of nitro benzene ring substituents is 1. The summed E-state index contributed by atoms with van der Waals surface area (Å²) >= 11 is 3.01. The average molecular weight is 381 g/mol. The summed E-state index contributed by atoms with van der Waals surface area (Å²) in [6, 6.07) is 3.28. The third kappa shape index (κ3) is 4.48. The highest BCUT2D eigenvalue weighted by Crippen LogP contribution is 2.26. The van der Waals surface area contributed by atoms with Crippen LogP contribution in [0.3, 0.4) is 0 Å². The van der Waals surface area contributed by atoms with Gasteiger partial charge in [-0.1, -0.05) is 22.9 Å². The molecule has 10 heteroatoms. The van der Waals surface area contributed by atoms with Crippen LogP contribution in [0.25, 0.3) is 0 Å². The van der Waals surface area contributed by atoms with Gasteiger partial charge in [-0.25, -0.2) is 8.42 Å². The minimum absolute atomic E-state index is 0.00887. The highest BCUT2D eigenvalue weighted by Gasteiger charge is 2.27. The molecule has 0 fully saturated rings. The molecule has 0 aliphatic heterocycles. The zero-order valence-corrected chi connectivity index (χ0v) is 13.4. The van der Waals surface area contributed by atoms with Gasteiger partial charge in [0.25, 0.3) is 5.69 Å². The number of benzene rings is 1. The summed E-state index contributed by atoms with van der Waals surface area (Å²) in [6.07, 6.45) is 0.419. The first-order chi connectivity index (χ1) is 9.68. The van der Waals surface area contributed by atoms with Crippen LogP contribution < -0.4 is 0 Å². The Labute approximate surface area is 129 Å². The van der Waals surface area contributed by atoms with Crippen LogP contribution in [0.15, 0.2) is 27.6 Å². The van der Waals surface area contributed by atoms with E-state index in [2.05, 4.69) is 15.9 Å². The first-order valence-corrected chi connectivity index (χ1v) is 8.08. The van der Waals surface area contributed by atoms with Crippen molar-refractivity contribution in [2.75, 3.05) is 13.1 Å². The lowest BCUT2D eigenvalue weighted by Crippen LogP contribution is -2.36. The number of carbonyl (C=O) groups is 1. The van der Waals surface area contributed by atoms with Gasteiger partial charge < -0.3 is 5.11 Å². The maximum Gasteiger partial charge on any atom is 0.318 e. The molecule has 0 aliphatic carbocycles. The normalized spacial score (nSPS) is 11.6. The minimum Gasteiger partial charge on any atom is -0.480 e. The quantitative estimate of drug-likeness (QED) is 0.569. The van der Waals surface area contributed by atoms with E-state index >= 15 is 0 Å². The molecule has 1 N–H and O–H groups in total. The second-order valence-electron chi connectivity index (χ2n) is 4.13. The van der Waals surface area contributed by atoms with Crippen molar-refractivity contribution in [3.8, 4) is 0 Å². The summed E-state index contributed by atoms with van der Waals surface area (Å²) in [5.41, 5.74) is -0.394. The Balaban J connectivity index is 3.33. The number of carboxylic acids is 1. The van der Waals surface area contributed by atoms with Crippen molar-refractivity contribution in [2.24, 2.45) is 0 Å². The molecule has 0 heterocycles. The van der Waals surface area contributed by atoms with E-state index in [1.807, 2.05) is 0 Å². The second-order valence-corrected chi connectivity index (χ2v) is 6.99. The van der Waals surface area contributed by atoms with Gasteiger partial charge in [0.1, 0.15) is 6.54 Å². The summed E-state index contributed by atoms with van der Waals surface area (Å²) in [5, 5.41) is 19.6. The molecular weight excluding hydrogens is 368 g/mol. The topological polar surface area (TPSA) is 118 Å². The van der Waals surface area contributed by atoms with Crippen molar-refractivity contribution in [1.29, 1.82) is 0 Å². The SMILES string of the molecule is CCCN(CC(=O)O)S(=O)(=O)c1cc(Br)cc([N+](=O)[O-])c1. The van der Waals surface area contributed by atoms with Crippen molar-refractivity contribution in [1.82, 2.24) is 4.31 Å². The van der Waals surface area contributed by atoms with Crippen LogP contribution in [0, 0.1) is 10.1 Å². The second kappa shape index (κ2) is 6.96. The van der Waals surface area contributed by atoms with Crippen LogP contribution in [0.2, 0.25) is 0 Å². The Morgan fingerprint density at radius 1 is 1.43 bits per heavy atom. The molecule has 0 unspecified atom stereocenters. The standard InChI is InChI=1S/C11H13BrN2O6S/c1-2-3-13(7-11(15)16)21(19,20)10-5-8(12)4-9(6-10)14(17)18/h4-6H,2-3,7H2,1H3,(H,15,16). The van der Waals surface area contributed by atoms with Gasteiger partial charge in [0, 0.05) is 23.2 Å². The van der Waals surface area contributed by atoms with E-state index in [4.69, 9.17) is 5.11 Å². The summed E-state index contributed by atoms with van der Waals surface area (Å²) in [6.45, 7) is 1.01. The van der Waals surface area contributed by atoms with Crippen molar-refractivity contribution in [3.05, 3.63) is 32.8 Å². The Kier molecular flexibility index (Phi) is 5.81. The molecule has 0 aliphatic rings. The molecule has 1 rings (SSSR count). The van der Waals surface area contributed by atoms with Crippen LogP contribution >= 0.6 is 15.9 Å². The summed E-state index contributed by atoms with van der Waals surface area (Å²) < 4.78 is 25.8. The number of hydrogen-bond donors (Lipinski definition) is 1. The van der Waals surface area contributed by atoms with Crippen LogP contribution in [-0.4, -0.2) is 41.8 Å². The van der Waals surface area contributed by atoms with Crippen LogP contribution in [0.4, 0.5) is 5.69 Å². The number of carboxylic acid groups (broad SMARTS) is 1. The van der Waals surface area contributed by atoms with Gasteiger partial charge in [0.05, 0.1) is 9.82 Å². The number of non-ortho nitro benzene ring substituents is 1. The number of nitrogens with zero attached hydrogens (tertiary/aromatic N) is 2. The van der Waals surface area contributed by atoms with Gasteiger partial charge in [0.2, 0.25) is 10.0 Å². The molecule has 0 atom stereocenters. The Hall–Kier alpha value is -1.52. The van der Waals surface area contributed by atoms with Gasteiger partial charge in [-0.3, -0.25) is 14.9 Å². The first-order valence-electron chi connectivity index (χ1n) is 5.85. The summed E-state index contributed by atoms with van der Waals surface area (Å²) in [4.78, 5) is 20.5. The molecule has 0 bridgehead atoms. The predicted molar refractivity (Wildman–Crippen MR) is 77.5 cm³/mol. The Morgan fingerprint density at radius 2 is 2.05 bits per heavy atom. The van der Waals surface area contributed by atoms with E-state index in [1.165, 1.54) is 12.1 Å². The lowest BCUT2D eigenvalue weighted by atomic mass is 10.3. The fraction of sp³-hybridized carbons (Fsp3) is 0.364. The smallest absolute Gasteiger partial charge is 0.318 e. The van der Waals surface area contributed by atoms with Crippen LogP contribution in [-0.2, 0) is 14.8 Å². The van der Waals surface area contributed by atoms with E-state index in [0.717, 1.165) is 10.4 Å². The average Bonchev–Trinajstić information content (AvgIpc) is 2.36. The first kappa shape index (κ1) is 17.5. The molecule has 1 aromatic rings. The molecule has 21 heavy (non-hydrogen) atoms. The maximum atomic E-state index is 12.4. The Bertz CT molecular complexity index is 661. The molecule has 8 nitrogen and oxygen atoms in total. The lowest BCUT2D eigenvalue weighted by Gasteiger charge is -2.19. The highest BCUT2D eigenvalue weighted by molar-refractivity contribution is 9.10. The molecule has 116 valence electrons. The van der Waals surface area contributed by atoms with E-state index < -0.39 is 33.1 Å². The van der Waals surface area contributed by atoms with E-state index in [1.54, 1.807) is 6.92 Å². The fourth-order valence-corrected chi connectivity index (χ4v) is 3.82. The summed E-state index contributed by atoms with van der Waals surface area (Å²) in [5.74, 6) is -1.29. The highest BCUT2D eigenvalue weighted by atomic mass is 79.9. The molecule has 0 aromatic heterocycles. The third-order valence-electron chi connectivity index (χ3n) is 2.49. The number of aliphatic carboxylic acids is 1. The lowest BCUT2D eigenvalue weighted by molar-refractivity contribution is -0.385. The van der Waals surface area contributed by atoms with Gasteiger partial charge >= 0.3 is 5.97 Å². The third-order valence-corrected chi connectivity index (χ3v) is 4.77. The van der Waals surface area contributed by atoms with E-state index in [9.17, 15) is 23.3 Å². The number of halogens is 1. The predicted octanol–water partition coefficient (Wildman–Crippen LogP) is 1.84. The van der Waals surface area contributed by atoms with Gasteiger partial charge in [-0.15, -0.1) is 0 Å². The molecule has 1 aromatic carbocycles. The molecule has 0 saturated carbocycles. The largest absolute Gasteiger partial charge is 0.480 e. The molecule has 0 saturated heterocycles. The number of nitro groups is 1. The van der Waals surface area contributed by atoms with Gasteiger partial charge in [-0.2, -0.15) is 4.31 Å². The monoisotopic (exact) mass is 380 g/mol. The fourth-order valence-electron chi connectivity index (χ4n) is 1.64. The number of rotatable bonds is 7. The minimum atomic E-state index is -4.12. The van der Waals surface area contributed by atoms with Crippen LogP contribution in [0.1, 0.15) is 13.3 Å². The van der Waals surface area contributed by atoms with Gasteiger partial charge in [0.15, 0.2) is 0 Å². The number of hydrogen-bond acceptors (Lipinski definition) is 5. The van der Waals surface area contributed by atoms with Crippen molar-refractivity contribution < 1.29 is 23.2 Å². The molecule has 0 spiro atoms. The zero-order valence-electron chi connectivity index (χ0n) is 11.0. The van der Waals surface area contributed by atoms with Crippen molar-refractivity contribution >= 4 is 37.6 Å². The molecule has 0 radical (unpaired) electrons. The van der Waals surface area contributed by atoms with Crippen LogP contribution in [0.5, 0.6) is 0 Å². The number of sulfonamides is 1. The van der Waals surface area contributed by atoms with Gasteiger partial charge in [-0.05, 0) is 12.5 Å². The van der Waals surface area contributed by atoms with Crippen molar-refractivity contribution in [2.45, 2.75) is 18.2 Å². The molecule has 0 amide bonds. The maximum absolute atomic E-state index is 12.4. The summed E-state index contributed by atoms with van der Waals surface area (Å²) in [7, 11) is -4.12. The van der Waals surface area contributed by atoms with E-state index in [-0.39, 0.29) is 15.9 Å².